The number of carbonyl (C=O) groups excluding carboxylic acids is 1. The first-order chi connectivity index (χ1) is 12.7. The molecule has 5 heteroatoms. The minimum absolute atomic E-state index is 0.279. The maximum atomic E-state index is 13.1. The molecular formula is C21H14N2O3. The highest BCUT2D eigenvalue weighted by atomic mass is 16.2. The molecule has 4 rings (SSSR count). The van der Waals surface area contributed by atoms with Crippen LogP contribution < -0.4 is 11.2 Å². The lowest BCUT2D eigenvalue weighted by molar-refractivity contribution is 0.0950. The lowest BCUT2D eigenvalue weighted by Crippen LogP contribution is -2.43. The third kappa shape index (κ3) is 2.46. The van der Waals surface area contributed by atoms with Gasteiger partial charge in [-0.25, -0.2) is 4.79 Å². The Morgan fingerprint density at radius 1 is 0.692 bits per heavy atom. The van der Waals surface area contributed by atoms with Crippen molar-refractivity contribution in [3.63, 3.8) is 0 Å². The van der Waals surface area contributed by atoms with Gasteiger partial charge in [-0.05, 0) is 36.4 Å². The van der Waals surface area contributed by atoms with Crippen molar-refractivity contribution in [3.05, 3.63) is 111 Å². The summed E-state index contributed by atoms with van der Waals surface area (Å²) in [5, 5.41) is 0.306. The van der Waals surface area contributed by atoms with Gasteiger partial charge in [0.1, 0.15) is 0 Å². The summed E-state index contributed by atoms with van der Waals surface area (Å²) in [7, 11) is 0. The van der Waals surface area contributed by atoms with Crippen LogP contribution in [0.5, 0.6) is 0 Å². The highest BCUT2D eigenvalue weighted by molar-refractivity contribution is 5.97. The number of benzene rings is 3. The molecule has 3 aromatic carbocycles. The van der Waals surface area contributed by atoms with Gasteiger partial charge in [0.2, 0.25) is 0 Å². The standard InChI is InChI=1S/C21H14N2O3/c24-19(15-9-3-1-4-10-15)23-20(25)17-13-7-8-14-18(17)22(21(23)26)16-11-5-2-6-12-16/h1-14H. The van der Waals surface area contributed by atoms with Gasteiger partial charge in [0, 0.05) is 5.56 Å². The van der Waals surface area contributed by atoms with Crippen molar-refractivity contribution in [2.45, 2.75) is 0 Å². The zero-order valence-electron chi connectivity index (χ0n) is 13.7. The molecule has 0 unspecified atom stereocenters. The molecule has 0 aliphatic carbocycles. The second kappa shape index (κ2) is 6.29. The first-order valence-corrected chi connectivity index (χ1v) is 8.10. The van der Waals surface area contributed by atoms with E-state index in [1.807, 2.05) is 6.07 Å². The number of rotatable bonds is 2. The molecule has 5 nitrogen and oxygen atoms in total. The number of aromatic nitrogens is 2. The summed E-state index contributed by atoms with van der Waals surface area (Å²) in [4.78, 5) is 38.9. The number of hydrogen-bond donors (Lipinski definition) is 0. The molecule has 0 aliphatic rings. The van der Waals surface area contributed by atoms with Crippen molar-refractivity contribution < 1.29 is 4.79 Å². The van der Waals surface area contributed by atoms with Gasteiger partial charge in [0.25, 0.3) is 11.5 Å². The third-order valence-corrected chi connectivity index (χ3v) is 4.20. The fraction of sp³-hybridized carbons (Fsp3) is 0. The summed E-state index contributed by atoms with van der Waals surface area (Å²) in [6.07, 6.45) is 0. The van der Waals surface area contributed by atoms with Crippen LogP contribution in [0.25, 0.3) is 16.6 Å². The van der Waals surface area contributed by atoms with Crippen LogP contribution in [0.15, 0.2) is 94.5 Å². The summed E-state index contributed by atoms with van der Waals surface area (Å²) in [6.45, 7) is 0. The van der Waals surface area contributed by atoms with Gasteiger partial charge in [-0.2, -0.15) is 4.57 Å². The van der Waals surface area contributed by atoms with Crippen LogP contribution in [0.2, 0.25) is 0 Å². The van der Waals surface area contributed by atoms with E-state index in [4.69, 9.17) is 0 Å². The maximum absolute atomic E-state index is 13.1. The molecular weight excluding hydrogens is 328 g/mol. The van der Waals surface area contributed by atoms with E-state index < -0.39 is 17.2 Å². The molecule has 1 aromatic heterocycles. The Kier molecular flexibility index (Phi) is 3.82. The summed E-state index contributed by atoms with van der Waals surface area (Å²) in [6, 6.07) is 24.0. The average molecular weight is 342 g/mol. The van der Waals surface area contributed by atoms with Crippen molar-refractivity contribution in [2.75, 3.05) is 0 Å². The van der Waals surface area contributed by atoms with E-state index in [1.54, 1.807) is 78.9 Å². The van der Waals surface area contributed by atoms with Crippen LogP contribution in [-0.4, -0.2) is 15.0 Å². The Morgan fingerprint density at radius 2 is 1.27 bits per heavy atom. The summed E-state index contributed by atoms with van der Waals surface area (Å²) in [5.41, 5.74) is 0.0242. The Morgan fingerprint density at radius 3 is 1.96 bits per heavy atom. The number of para-hydroxylation sites is 2. The maximum Gasteiger partial charge on any atom is 0.343 e. The number of hydrogen-bond acceptors (Lipinski definition) is 3. The fourth-order valence-electron chi connectivity index (χ4n) is 2.98. The van der Waals surface area contributed by atoms with Gasteiger partial charge in [-0.3, -0.25) is 14.2 Å². The molecule has 1 heterocycles. The van der Waals surface area contributed by atoms with Gasteiger partial charge in [-0.1, -0.05) is 48.5 Å². The molecule has 0 N–H and O–H groups in total. The molecule has 0 radical (unpaired) electrons. The van der Waals surface area contributed by atoms with Crippen LogP contribution in [0.1, 0.15) is 10.4 Å². The molecule has 0 saturated carbocycles. The van der Waals surface area contributed by atoms with Crippen LogP contribution >= 0.6 is 0 Å². The van der Waals surface area contributed by atoms with Gasteiger partial charge < -0.3 is 0 Å². The number of fused-ring (bicyclic) bond motifs is 1. The van der Waals surface area contributed by atoms with Crippen LogP contribution in [-0.2, 0) is 0 Å². The van der Waals surface area contributed by atoms with Crippen molar-refractivity contribution in [2.24, 2.45) is 0 Å². The third-order valence-electron chi connectivity index (χ3n) is 4.20. The second-order valence-corrected chi connectivity index (χ2v) is 5.78. The van der Waals surface area contributed by atoms with E-state index in [9.17, 15) is 14.4 Å². The highest BCUT2D eigenvalue weighted by Gasteiger charge is 2.19. The molecule has 126 valence electrons. The molecule has 0 fully saturated rings. The van der Waals surface area contributed by atoms with Gasteiger partial charge >= 0.3 is 5.69 Å². The predicted molar refractivity (Wildman–Crippen MR) is 100.0 cm³/mol. The SMILES string of the molecule is O=C(c1ccccc1)n1c(=O)c2ccccc2n(-c2ccccc2)c1=O. The molecule has 26 heavy (non-hydrogen) atoms. The van der Waals surface area contributed by atoms with Crippen LogP contribution in [0, 0.1) is 0 Å². The van der Waals surface area contributed by atoms with Gasteiger partial charge in [-0.15, -0.1) is 0 Å². The molecule has 0 bridgehead atoms. The Bertz CT molecular complexity index is 1220. The van der Waals surface area contributed by atoms with Crippen molar-refractivity contribution in [1.82, 2.24) is 9.13 Å². The van der Waals surface area contributed by atoms with E-state index in [1.165, 1.54) is 4.57 Å². The first kappa shape index (κ1) is 15.8. The van der Waals surface area contributed by atoms with E-state index in [0.717, 1.165) is 0 Å². The molecule has 0 saturated heterocycles. The van der Waals surface area contributed by atoms with Crippen LogP contribution in [0.3, 0.4) is 0 Å². The van der Waals surface area contributed by atoms with E-state index in [0.29, 0.717) is 21.2 Å². The zero-order valence-corrected chi connectivity index (χ0v) is 13.7. The Hall–Kier alpha value is -3.73. The van der Waals surface area contributed by atoms with Crippen molar-refractivity contribution in [1.29, 1.82) is 0 Å². The molecule has 4 aromatic rings. The minimum Gasteiger partial charge on any atom is -0.268 e. The Labute approximate surface area is 148 Å². The van der Waals surface area contributed by atoms with E-state index in [-0.39, 0.29) is 5.56 Å². The van der Waals surface area contributed by atoms with Gasteiger partial charge in [0.15, 0.2) is 0 Å². The van der Waals surface area contributed by atoms with Crippen molar-refractivity contribution in [3.8, 4) is 5.69 Å². The van der Waals surface area contributed by atoms with Gasteiger partial charge in [0.05, 0.1) is 16.6 Å². The Balaban J connectivity index is 2.11. The fourth-order valence-corrected chi connectivity index (χ4v) is 2.98. The number of carbonyl (C=O) groups is 1. The lowest BCUT2D eigenvalue weighted by atomic mass is 10.2. The predicted octanol–water partition coefficient (Wildman–Crippen LogP) is 2.84. The van der Waals surface area contributed by atoms with E-state index >= 15 is 0 Å². The normalized spacial score (nSPS) is 10.8. The lowest BCUT2D eigenvalue weighted by Gasteiger charge is -2.13. The average Bonchev–Trinajstić information content (AvgIpc) is 2.69. The molecule has 0 amide bonds. The van der Waals surface area contributed by atoms with Crippen LogP contribution in [0.4, 0.5) is 0 Å². The first-order valence-electron chi connectivity index (χ1n) is 8.10. The zero-order chi connectivity index (χ0) is 18.1. The largest absolute Gasteiger partial charge is 0.343 e. The summed E-state index contributed by atoms with van der Waals surface area (Å²) < 4.78 is 2.09. The van der Waals surface area contributed by atoms with E-state index in [2.05, 4.69) is 0 Å². The summed E-state index contributed by atoms with van der Waals surface area (Å²) >= 11 is 0. The monoisotopic (exact) mass is 342 g/mol. The topological polar surface area (TPSA) is 61.1 Å². The molecule has 0 spiro atoms. The quantitative estimate of drug-likeness (QED) is 0.563. The summed E-state index contributed by atoms with van der Waals surface area (Å²) in [5.74, 6) is -0.643. The number of nitrogens with zero attached hydrogens (tertiary/aromatic N) is 2. The van der Waals surface area contributed by atoms with Crippen molar-refractivity contribution >= 4 is 16.8 Å². The minimum atomic E-state index is -0.686. The second-order valence-electron chi connectivity index (χ2n) is 5.78. The molecule has 0 aliphatic heterocycles. The highest BCUT2D eigenvalue weighted by Crippen LogP contribution is 2.14. The smallest absolute Gasteiger partial charge is 0.268 e. The molecule has 0 atom stereocenters.